The Bertz CT molecular complexity index is 1850. The van der Waals surface area contributed by atoms with Crippen molar-refractivity contribution in [2.24, 2.45) is 0 Å². The Balaban J connectivity index is 1.43. The fourth-order valence-electron chi connectivity index (χ4n) is 6.09. The molecule has 0 spiro atoms. The second-order valence-corrected chi connectivity index (χ2v) is 12.0. The molecule has 1 amide bonds. The lowest BCUT2D eigenvalue weighted by molar-refractivity contribution is -0.143. The SMILES string of the molecule is CCC(Nc1cc(F)c(C(=O)NC(Cc2ccc(-c3c(OC)cc(CN4CCOCC4)cc3OC)c3ncccc23)C(=O)O)c(F)c1)C(F)(F)F. The fraction of sp³-hybridized carbons (Fsp3) is 0.361. The molecule has 15 heteroatoms. The average molecular weight is 717 g/mol. The van der Waals surface area contributed by atoms with Crippen molar-refractivity contribution in [2.75, 3.05) is 45.8 Å². The highest BCUT2D eigenvalue weighted by Crippen LogP contribution is 2.43. The summed E-state index contributed by atoms with van der Waals surface area (Å²) in [6, 6.07) is 7.99. The number of methoxy groups -OCH3 is 2. The van der Waals surface area contributed by atoms with Gasteiger partial charge in [0.05, 0.1) is 38.5 Å². The van der Waals surface area contributed by atoms with Crippen LogP contribution in [0.1, 0.15) is 34.8 Å². The zero-order chi connectivity index (χ0) is 36.9. The van der Waals surface area contributed by atoms with E-state index < -0.39 is 59.4 Å². The van der Waals surface area contributed by atoms with E-state index in [1.807, 2.05) is 17.4 Å². The predicted octanol–water partition coefficient (Wildman–Crippen LogP) is 6.21. The summed E-state index contributed by atoms with van der Waals surface area (Å²) in [7, 11) is 3.09. The Morgan fingerprint density at radius 3 is 2.24 bits per heavy atom. The van der Waals surface area contributed by atoms with Gasteiger partial charge in [0, 0.05) is 48.9 Å². The summed E-state index contributed by atoms with van der Waals surface area (Å²) in [6.07, 6.45) is -3.83. The van der Waals surface area contributed by atoms with Crippen LogP contribution in [-0.2, 0) is 22.5 Å². The normalized spacial score (nSPS) is 14.9. The number of morpholine rings is 1. The van der Waals surface area contributed by atoms with Crippen LogP contribution < -0.4 is 20.1 Å². The number of carbonyl (C=O) groups excluding carboxylic acids is 1. The molecule has 5 rings (SSSR count). The van der Waals surface area contributed by atoms with Gasteiger partial charge in [-0.25, -0.2) is 13.6 Å². The first-order valence-electron chi connectivity index (χ1n) is 16.1. The van der Waals surface area contributed by atoms with Crippen LogP contribution in [0, 0.1) is 11.6 Å². The van der Waals surface area contributed by atoms with Crippen molar-refractivity contribution >= 4 is 28.5 Å². The maximum Gasteiger partial charge on any atom is 0.408 e. The molecule has 1 fully saturated rings. The topological polar surface area (TPSA) is 122 Å². The Morgan fingerprint density at radius 2 is 1.67 bits per heavy atom. The lowest BCUT2D eigenvalue weighted by Gasteiger charge is -2.27. The molecule has 10 nitrogen and oxygen atoms in total. The van der Waals surface area contributed by atoms with E-state index in [0.717, 1.165) is 18.7 Å². The van der Waals surface area contributed by atoms with E-state index in [1.54, 1.807) is 44.7 Å². The minimum atomic E-state index is -4.68. The van der Waals surface area contributed by atoms with Gasteiger partial charge in [0.15, 0.2) is 0 Å². The number of pyridine rings is 1. The zero-order valence-electron chi connectivity index (χ0n) is 28.1. The lowest BCUT2D eigenvalue weighted by atomic mass is 9.93. The number of carbonyl (C=O) groups is 2. The fourth-order valence-corrected chi connectivity index (χ4v) is 6.09. The molecule has 1 aromatic heterocycles. The number of rotatable bonds is 13. The molecular weight excluding hydrogens is 679 g/mol. The largest absolute Gasteiger partial charge is 0.496 e. The number of nitrogens with zero attached hydrogens (tertiary/aromatic N) is 2. The van der Waals surface area contributed by atoms with Crippen LogP contribution in [0.4, 0.5) is 27.6 Å². The minimum Gasteiger partial charge on any atom is -0.496 e. The summed E-state index contributed by atoms with van der Waals surface area (Å²) in [4.78, 5) is 32.2. The van der Waals surface area contributed by atoms with E-state index in [9.17, 15) is 36.6 Å². The predicted molar refractivity (Wildman–Crippen MR) is 179 cm³/mol. The van der Waals surface area contributed by atoms with Gasteiger partial charge in [0.25, 0.3) is 5.91 Å². The number of hydrogen-bond donors (Lipinski definition) is 3. The Hall–Kier alpha value is -5.02. The lowest BCUT2D eigenvalue weighted by Crippen LogP contribution is -2.43. The van der Waals surface area contributed by atoms with Gasteiger partial charge in [-0.3, -0.25) is 14.7 Å². The van der Waals surface area contributed by atoms with Crippen LogP contribution in [-0.4, -0.2) is 85.6 Å². The minimum absolute atomic E-state index is 0.303. The molecule has 0 bridgehead atoms. The van der Waals surface area contributed by atoms with E-state index in [1.165, 1.54) is 6.92 Å². The van der Waals surface area contributed by atoms with Gasteiger partial charge in [-0.1, -0.05) is 25.1 Å². The second kappa shape index (κ2) is 15.9. The number of carboxylic acids is 1. The molecule has 1 aliphatic rings. The maximum absolute atomic E-state index is 15.0. The van der Waals surface area contributed by atoms with Crippen molar-refractivity contribution in [3.05, 3.63) is 83.1 Å². The second-order valence-electron chi connectivity index (χ2n) is 12.0. The third-order valence-electron chi connectivity index (χ3n) is 8.65. The van der Waals surface area contributed by atoms with Gasteiger partial charge in [0.2, 0.25) is 0 Å². The van der Waals surface area contributed by atoms with Crippen molar-refractivity contribution in [1.29, 1.82) is 0 Å². The number of anilines is 1. The van der Waals surface area contributed by atoms with Crippen LogP contribution in [0.5, 0.6) is 11.5 Å². The first-order valence-corrected chi connectivity index (χ1v) is 16.1. The van der Waals surface area contributed by atoms with E-state index in [4.69, 9.17) is 14.2 Å². The molecule has 0 aliphatic carbocycles. The summed E-state index contributed by atoms with van der Waals surface area (Å²) in [5.74, 6) is -4.75. The Morgan fingerprint density at radius 1 is 1.02 bits per heavy atom. The highest BCUT2D eigenvalue weighted by atomic mass is 19.4. The van der Waals surface area contributed by atoms with Gasteiger partial charge >= 0.3 is 12.1 Å². The number of ether oxygens (including phenoxy) is 3. The maximum atomic E-state index is 15.0. The van der Waals surface area contributed by atoms with Crippen molar-refractivity contribution in [1.82, 2.24) is 15.2 Å². The summed E-state index contributed by atoms with van der Waals surface area (Å²) in [6.45, 7) is 4.78. The van der Waals surface area contributed by atoms with E-state index >= 15 is 0 Å². The highest BCUT2D eigenvalue weighted by Gasteiger charge is 2.38. The zero-order valence-corrected chi connectivity index (χ0v) is 28.1. The molecule has 2 unspecified atom stereocenters. The molecule has 51 heavy (non-hydrogen) atoms. The van der Waals surface area contributed by atoms with Gasteiger partial charge in [-0.05, 0) is 47.9 Å². The monoisotopic (exact) mass is 716 g/mol. The summed E-state index contributed by atoms with van der Waals surface area (Å²) in [5.41, 5.74) is 1.49. The third kappa shape index (κ3) is 8.48. The summed E-state index contributed by atoms with van der Waals surface area (Å²) in [5, 5.41) is 14.7. The molecule has 2 heterocycles. The number of benzene rings is 3. The van der Waals surface area contributed by atoms with Crippen LogP contribution in [0.25, 0.3) is 22.0 Å². The number of aliphatic carboxylic acids is 1. The first-order chi connectivity index (χ1) is 24.3. The molecule has 272 valence electrons. The summed E-state index contributed by atoms with van der Waals surface area (Å²) >= 11 is 0. The molecule has 2 atom stereocenters. The number of nitrogens with one attached hydrogen (secondary N) is 2. The van der Waals surface area contributed by atoms with Crippen LogP contribution in [0.15, 0.2) is 54.7 Å². The van der Waals surface area contributed by atoms with E-state index in [0.29, 0.717) is 71.0 Å². The van der Waals surface area contributed by atoms with Crippen LogP contribution in [0.3, 0.4) is 0 Å². The van der Waals surface area contributed by atoms with E-state index in [2.05, 4.69) is 15.2 Å². The van der Waals surface area contributed by atoms with Crippen LogP contribution >= 0.6 is 0 Å². The van der Waals surface area contributed by atoms with Gasteiger partial charge < -0.3 is 30.0 Å². The quantitative estimate of drug-likeness (QED) is 0.139. The molecule has 3 N–H and O–H groups in total. The van der Waals surface area contributed by atoms with Crippen molar-refractivity contribution in [2.45, 2.75) is 44.6 Å². The standard InChI is InChI=1S/C36H37F5N4O6/c1-4-30(36(39,40)41)43-22-17-25(37)32(26(38)18-22)34(46)44-27(35(47)48)16-21-7-8-24(33-23(21)6-5-9-42-33)31-28(49-2)14-20(15-29(31)50-3)19-45-10-12-51-13-11-45/h5-9,14-15,17-18,27,30,43H,4,10-13,16,19H2,1-3H3,(H,44,46)(H,47,48). The van der Waals surface area contributed by atoms with Crippen molar-refractivity contribution in [3.63, 3.8) is 0 Å². The summed E-state index contributed by atoms with van der Waals surface area (Å²) < 4.78 is 86.6. The molecule has 3 aromatic carbocycles. The number of amides is 1. The molecule has 1 aliphatic heterocycles. The molecule has 1 saturated heterocycles. The molecule has 0 radical (unpaired) electrons. The van der Waals surface area contributed by atoms with Gasteiger partial charge in [0.1, 0.15) is 40.8 Å². The van der Waals surface area contributed by atoms with Gasteiger partial charge in [-0.15, -0.1) is 0 Å². The molecule has 4 aromatic rings. The van der Waals surface area contributed by atoms with Crippen LogP contribution in [0.2, 0.25) is 0 Å². The smallest absolute Gasteiger partial charge is 0.408 e. The number of hydrogen-bond acceptors (Lipinski definition) is 8. The number of aromatic nitrogens is 1. The Kier molecular flexibility index (Phi) is 11.6. The average Bonchev–Trinajstić information content (AvgIpc) is 3.09. The number of alkyl halides is 3. The van der Waals surface area contributed by atoms with Crippen molar-refractivity contribution < 1.29 is 50.9 Å². The Labute approximate surface area is 290 Å². The number of fused-ring (bicyclic) bond motifs is 1. The highest BCUT2D eigenvalue weighted by molar-refractivity contribution is 6.00. The van der Waals surface area contributed by atoms with Crippen molar-refractivity contribution in [3.8, 4) is 22.6 Å². The third-order valence-corrected chi connectivity index (χ3v) is 8.65. The molecular formula is C36H37F5N4O6. The first kappa shape index (κ1) is 37.2. The van der Waals surface area contributed by atoms with Gasteiger partial charge in [-0.2, -0.15) is 13.2 Å². The number of halogens is 5. The number of carboxylic acid groups (broad SMARTS) is 1. The molecule has 0 saturated carbocycles. The van der Waals surface area contributed by atoms with E-state index in [-0.39, 0.29) is 6.42 Å².